The molecule has 5 nitrogen and oxygen atoms in total. The average molecular weight is 318 g/mol. The van der Waals surface area contributed by atoms with Crippen molar-refractivity contribution in [2.75, 3.05) is 27.2 Å². The summed E-state index contributed by atoms with van der Waals surface area (Å²) in [6.07, 6.45) is 3.94. The van der Waals surface area contributed by atoms with Crippen molar-refractivity contribution >= 4 is 5.70 Å². The van der Waals surface area contributed by atoms with Crippen molar-refractivity contribution < 1.29 is 14.8 Å². The van der Waals surface area contributed by atoms with Crippen molar-refractivity contribution in [1.29, 1.82) is 0 Å². The third-order valence-electron chi connectivity index (χ3n) is 4.32. The lowest BCUT2D eigenvalue weighted by Gasteiger charge is -2.33. The summed E-state index contributed by atoms with van der Waals surface area (Å²) < 4.78 is 1.95. The Hall–Kier alpha value is -1.85. The van der Waals surface area contributed by atoms with E-state index >= 15 is 0 Å². The van der Waals surface area contributed by atoms with E-state index in [-0.39, 0.29) is 5.88 Å². The van der Waals surface area contributed by atoms with Gasteiger partial charge in [-0.3, -0.25) is 0 Å². The first-order valence-electron chi connectivity index (χ1n) is 8.01. The van der Waals surface area contributed by atoms with Gasteiger partial charge in [0.05, 0.1) is 0 Å². The van der Waals surface area contributed by atoms with Crippen LogP contribution in [0.25, 0.3) is 5.70 Å². The number of pyridine rings is 1. The second-order valence-corrected chi connectivity index (χ2v) is 6.47. The van der Waals surface area contributed by atoms with Crippen molar-refractivity contribution in [2.24, 2.45) is 0 Å². The summed E-state index contributed by atoms with van der Waals surface area (Å²) in [5.74, 6) is 0.172. The van der Waals surface area contributed by atoms with Gasteiger partial charge in [0.15, 0.2) is 18.3 Å². The number of allylic oxidation sites excluding steroid dienone is 2. The first-order valence-corrected chi connectivity index (χ1v) is 8.01. The number of aromatic nitrogens is 1. The number of hydrogen-bond acceptors (Lipinski definition) is 4. The van der Waals surface area contributed by atoms with Gasteiger partial charge in [-0.25, -0.2) is 0 Å². The number of nitrogens with zero attached hydrogens (tertiary/aromatic N) is 3. The maximum atomic E-state index is 10.8. The Labute approximate surface area is 138 Å². The summed E-state index contributed by atoms with van der Waals surface area (Å²) in [5, 5.41) is 21.3. The van der Waals surface area contributed by atoms with E-state index in [1.807, 2.05) is 64.0 Å². The number of hydrogen-bond donors (Lipinski definition) is 2. The fourth-order valence-corrected chi connectivity index (χ4v) is 2.89. The fourth-order valence-electron chi connectivity index (χ4n) is 2.89. The van der Waals surface area contributed by atoms with Gasteiger partial charge in [-0.15, -0.1) is 0 Å². The van der Waals surface area contributed by atoms with Crippen LogP contribution in [-0.2, 0) is 0 Å². The summed E-state index contributed by atoms with van der Waals surface area (Å²) in [5.41, 5.74) is 3.64. The third-order valence-corrected chi connectivity index (χ3v) is 4.32. The molecule has 1 aliphatic heterocycles. The van der Waals surface area contributed by atoms with E-state index in [1.54, 1.807) is 4.90 Å². The van der Waals surface area contributed by atoms with Crippen LogP contribution in [0.1, 0.15) is 25.8 Å². The quantitative estimate of drug-likeness (QED) is 0.814. The normalized spacial score (nSPS) is 19.1. The van der Waals surface area contributed by atoms with Crippen LogP contribution in [0.5, 0.6) is 0 Å². The van der Waals surface area contributed by atoms with Crippen LogP contribution in [0, 0.1) is 6.92 Å². The minimum absolute atomic E-state index is 0.172. The van der Waals surface area contributed by atoms with Gasteiger partial charge < -0.3 is 20.0 Å². The van der Waals surface area contributed by atoms with Gasteiger partial charge in [-0.2, -0.15) is 4.57 Å². The van der Waals surface area contributed by atoms with Crippen molar-refractivity contribution in [3.05, 3.63) is 47.1 Å². The molecule has 2 heterocycles. The van der Waals surface area contributed by atoms with Crippen molar-refractivity contribution in [3.8, 4) is 0 Å². The molecule has 0 amide bonds. The minimum Gasteiger partial charge on any atom is -0.494 e. The zero-order valence-corrected chi connectivity index (χ0v) is 14.7. The largest absolute Gasteiger partial charge is 0.494 e. The standard InChI is InChI=1S/C18H27N3O2/c1-13-8-6-10-20(12-13)16-14(2)15(3)17(22)21(18(16)23)11-7-9-19(4)5/h6,8,10,12,18,23H,7,9,11H2,1-5H3/p+1. The smallest absolute Gasteiger partial charge is 0.240 e. The van der Waals surface area contributed by atoms with Gasteiger partial charge in [0.25, 0.3) is 0 Å². The molecule has 0 radical (unpaired) electrons. The van der Waals surface area contributed by atoms with Gasteiger partial charge in [-0.1, -0.05) is 0 Å². The molecule has 126 valence electrons. The van der Waals surface area contributed by atoms with Crippen molar-refractivity contribution in [1.82, 2.24) is 9.80 Å². The zero-order chi connectivity index (χ0) is 17.1. The molecular formula is C18H28N3O2+. The highest BCUT2D eigenvalue weighted by atomic mass is 16.3. The number of aliphatic hydroxyl groups excluding tert-OH is 2. The lowest BCUT2D eigenvalue weighted by molar-refractivity contribution is -0.590. The molecule has 0 spiro atoms. The zero-order valence-electron chi connectivity index (χ0n) is 14.7. The monoisotopic (exact) mass is 318 g/mol. The second-order valence-electron chi connectivity index (χ2n) is 6.47. The molecule has 2 rings (SSSR count). The fraction of sp³-hybridized carbons (Fsp3) is 0.500. The highest BCUT2D eigenvalue weighted by Crippen LogP contribution is 2.29. The summed E-state index contributed by atoms with van der Waals surface area (Å²) in [4.78, 5) is 3.78. The molecule has 1 unspecified atom stereocenters. The van der Waals surface area contributed by atoms with Crippen LogP contribution in [0.3, 0.4) is 0 Å². The van der Waals surface area contributed by atoms with E-state index in [4.69, 9.17) is 0 Å². The maximum absolute atomic E-state index is 10.8. The predicted octanol–water partition coefficient (Wildman–Crippen LogP) is 1.89. The third kappa shape index (κ3) is 3.74. The molecular weight excluding hydrogens is 290 g/mol. The maximum Gasteiger partial charge on any atom is 0.240 e. The topological polar surface area (TPSA) is 50.8 Å². The molecule has 1 atom stereocenters. The lowest BCUT2D eigenvalue weighted by Crippen LogP contribution is -2.49. The van der Waals surface area contributed by atoms with Crippen LogP contribution in [-0.4, -0.2) is 53.4 Å². The van der Waals surface area contributed by atoms with Gasteiger partial charge >= 0.3 is 0 Å². The Kier molecular flexibility index (Phi) is 5.44. The summed E-state index contributed by atoms with van der Waals surface area (Å²) in [7, 11) is 4.04. The molecule has 2 N–H and O–H groups in total. The van der Waals surface area contributed by atoms with Gasteiger partial charge in [-0.05, 0) is 53.9 Å². The highest BCUT2D eigenvalue weighted by Gasteiger charge is 2.36. The van der Waals surface area contributed by atoms with Crippen molar-refractivity contribution in [3.63, 3.8) is 0 Å². The van der Waals surface area contributed by atoms with Crippen LogP contribution in [0.15, 0.2) is 41.6 Å². The van der Waals surface area contributed by atoms with Crippen LogP contribution < -0.4 is 4.57 Å². The lowest BCUT2D eigenvalue weighted by atomic mass is 10.0. The molecule has 0 saturated carbocycles. The predicted molar refractivity (Wildman–Crippen MR) is 91.5 cm³/mol. The molecule has 23 heavy (non-hydrogen) atoms. The van der Waals surface area contributed by atoms with Crippen LogP contribution in [0.2, 0.25) is 0 Å². The van der Waals surface area contributed by atoms with Crippen molar-refractivity contribution in [2.45, 2.75) is 33.4 Å². The first kappa shape index (κ1) is 17.5. The van der Waals surface area contributed by atoms with E-state index in [1.165, 1.54) is 0 Å². The van der Waals surface area contributed by atoms with Crippen LogP contribution >= 0.6 is 0 Å². The summed E-state index contributed by atoms with van der Waals surface area (Å²) in [6.45, 7) is 7.37. The Morgan fingerprint density at radius 3 is 2.52 bits per heavy atom. The number of aryl methyl sites for hydroxylation is 1. The minimum atomic E-state index is -0.854. The molecule has 5 heteroatoms. The van der Waals surface area contributed by atoms with Crippen LogP contribution in [0.4, 0.5) is 0 Å². The molecule has 0 bridgehead atoms. The molecule has 1 aromatic heterocycles. The average Bonchev–Trinajstić information content (AvgIpc) is 2.48. The van der Waals surface area contributed by atoms with E-state index in [0.29, 0.717) is 6.54 Å². The van der Waals surface area contributed by atoms with Gasteiger partial charge in [0, 0.05) is 29.3 Å². The molecule has 0 aromatic carbocycles. The van der Waals surface area contributed by atoms with E-state index < -0.39 is 6.23 Å². The number of rotatable bonds is 5. The first-order chi connectivity index (χ1) is 10.8. The second kappa shape index (κ2) is 7.15. The van der Waals surface area contributed by atoms with Gasteiger partial charge in [0.2, 0.25) is 11.9 Å². The van der Waals surface area contributed by atoms with E-state index in [9.17, 15) is 10.2 Å². The summed E-state index contributed by atoms with van der Waals surface area (Å²) in [6, 6.07) is 3.99. The molecule has 0 aliphatic carbocycles. The van der Waals surface area contributed by atoms with Gasteiger partial charge in [0.1, 0.15) is 0 Å². The Bertz CT molecular complexity index is 635. The SMILES string of the molecule is CC1=C(O)N(CCCN(C)C)C(O)C([n+]2cccc(C)c2)=C1C. The molecule has 0 fully saturated rings. The Morgan fingerprint density at radius 2 is 1.91 bits per heavy atom. The number of aliphatic hydroxyl groups is 2. The Balaban J connectivity index is 2.34. The molecule has 1 aromatic rings. The molecule has 0 saturated heterocycles. The summed E-state index contributed by atoms with van der Waals surface area (Å²) >= 11 is 0. The highest BCUT2D eigenvalue weighted by molar-refractivity contribution is 5.55. The van der Waals surface area contributed by atoms with E-state index in [2.05, 4.69) is 4.90 Å². The Morgan fingerprint density at radius 1 is 1.22 bits per heavy atom. The molecule has 1 aliphatic rings. The van der Waals surface area contributed by atoms with E-state index in [0.717, 1.165) is 35.4 Å².